The van der Waals surface area contributed by atoms with Gasteiger partial charge in [-0.15, -0.1) is 10.2 Å². The maximum atomic E-state index is 5.50. The summed E-state index contributed by atoms with van der Waals surface area (Å²) in [5.74, 6) is 1.65. The fourth-order valence-electron chi connectivity index (χ4n) is 2.82. The summed E-state index contributed by atoms with van der Waals surface area (Å²) in [6, 6.07) is 6.43. The molecule has 0 saturated heterocycles. The number of methoxy groups -OCH3 is 1. The Kier molecular flexibility index (Phi) is 4.48. The van der Waals surface area contributed by atoms with E-state index >= 15 is 0 Å². The summed E-state index contributed by atoms with van der Waals surface area (Å²) in [5.41, 5.74) is 3.70. The smallest absolute Gasteiger partial charge is 0.201 e. The van der Waals surface area contributed by atoms with E-state index in [1.807, 2.05) is 0 Å². The van der Waals surface area contributed by atoms with E-state index in [0.717, 1.165) is 43.8 Å². The van der Waals surface area contributed by atoms with Gasteiger partial charge in [0.1, 0.15) is 5.75 Å². The minimum absolute atomic E-state index is 0.693. The molecule has 0 radical (unpaired) electrons. The van der Waals surface area contributed by atoms with Crippen molar-refractivity contribution in [3.63, 3.8) is 0 Å². The highest BCUT2D eigenvalue weighted by Crippen LogP contribution is 2.25. The lowest BCUT2D eigenvalue weighted by Gasteiger charge is -2.27. The topological polar surface area (TPSA) is 66.9 Å². The Balaban J connectivity index is 1.75. The van der Waals surface area contributed by atoms with Crippen molar-refractivity contribution in [2.75, 3.05) is 20.2 Å². The number of ether oxygens (including phenoxy) is 1. The molecule has 3 rings (SSSR count). The van der Waals surface area contributed by atoms with E-state index in [0.29, 0.717) is 5.82 Å². The summed E-state index contributed by atoms with van der Waals surface area (Å²) in [4.78, 5) is 2.39. The molecule has 0 unspecified atom stereocenters. The molecule has 0 amide bonds. The molecule has 0 bridgehead atoms. The van der Waals surface area contributed by atoms with Gasteiger partial charge in [0.05, 0.1) is 7.11 Å². The van der Waals surface area contributed by atoms with E-state index < -0.39 is 0 Å². The minimum Gasteiger partial charge on any atom is -0.496 e. The van der Waals surface area contributed by atoms with Crippen LogP contribution < -0.4 is 4.74 Å². The number of tetrazole rings is 1. The number of benzene rings is 1. The molecule has 116 valence electrons. The van der Waals surface area contributed by atoms with Crippen LogP contribution in [-0.4, -0.2) is 45.7 Å². The van der Waals surface area contributed by atoms with Crippen molar-refractivity contribution < 1.29 is 4.74 Å². The molecule has 6 heteroatoms. The molecule has 0 aliphatic carbocycles. The molecule has 6 nitrogen and oxygen atoms in total. The van der Waals surface area contributed by atoms with E-state index in [2.05, 4.69) is 56.7 Å². The number of rotatable bonds is 5. The van der Waals surface area contributed by atoms with E-state index in [9.17, 15) is 0 Å². The van der Waals surface area contributed by atoms with Crippen LogP contribution in [0.25, 0.3) is 5.57 Å². The highest BCUT2D eigenvalue weighted by Gasteiger charge is 2.18. The van der Waals surface area contributed by atoms with Crippen molar-refractivity contribution in [2.24, 2.45) is 0 Å². The van der Waals surface area contributed by atoms with E-state index in [-0.39, 0.29) is 0 Å². The predicted molar refractivity (Wildman–Crippen MR) is 84.4 cm³/mol. The Bertz CT molecular complexity index is 651. The number of H-pyrrole nitrogens is 1. The van der Waals surface area contributed by atoms with E-state index in [1.54, 1.807) is 7.11 Å². The second-order valence-corrected chi connectivity index (χ2v) is 5.46. The summed E-state index contributed by atoms with van der Waals surface area (Å²) in [6.07, 6.45) is 4.23. The van der Waals surface area contributed by atoms with Gasteiger partial charge in [0.2, 0.25) is 5.82 Å². The zero-order valence-electron chi connectivity index (χ0n) is 13.0. The van der Waals surface area contributed by atoms with Crippen molar-refractivity contribution in [3.8, 4) is 5.75 Å². The maximum absolute atomic E-state index is 5.50. The van der Waals surface area contributed by atoms with Crippen LogP contribution >= 0.6 is 0 Å². The zero-order chi connectivity index (χ0) is 15.4. The predicted octanol–water partition coefficient (Wildman–Crippen LogP) is 2.06. The van der Waals surface area contributed by atoms with Gasteiger partial charge in [-0.2, -0.15) is 5.21 Å². The molecule has 1 aliphatic rings. The SMILES string of the molecule is CCc1ccc(OC)c(CN2CCC=C(c3nn[nH]n3)C2)c1. The summed E-state index contributed by atoms with van der Waals surface area (Å²) in [7, 11) is 1.73. The number of nitrogens with one attached hydrogen (secondary N) is 1. The fourth-order valence-corrected chi connectivity index (χ4v) is 2.82. The van der Waals surface area contributed by atoms with Crippen molar-refractivity contribution in [2.45, 2.75) is 26.3 Å². The first kappa shape index (κ1) is 14.7. The minimum atomic E-state index is 0.693. The first-order valence-corrected chi connectivity index (χ1v) is 7.61. The zero-order valence-corrected chi connectivity index (χ0v) is 13.0. The lowest BCUT2D eigenvalue weighted by Crippen LogP contribution is -2.29. The average molecular weight is 299 g/mol. The van der Waals surface area contributed by atoms with Gasteiger partial charge >= 0.3 is 0 Å². The van der Waals surface area contributed by atoms with Crippen LogP contribution in [0.1, 0.15) is 30.3 Å². The Morgan fingerprint density at radius 2 is 2.27 bits per heavy atom. The Hall–Kier alpha value is -2.21. The molecular weight excluding hydrogens is 278 g/mol. The van der Waals surface area contributed by atoms with Crippen LogP contribution in [0.15, 0.2) is 24.3 Å². The molecule has 0 atom stereocenters. The van der Waals surface area contributed by atoms with Crippen molar-refractivity contribution in [3.05, 3.63) is 41.2 Å². The lowest BCUT2D eigenvalue weighted by atomic mass is 10.0. The van der Waals surface area contributed by atoms with Crippen LogP contribution in [0.3, 0.4) is 0 Å². The summed E-state index contributed by atoms with van der Waals surface area (Å²) >= 11 is 0. The molecular formula is C16H21N5O. The van der Waals surface area contributed by atoms with Crippen molar-refractivity contribution >= 4 is 5.57 Å². The molecule has 1 aliphatic heterocycles. The highest BCUT2D eigenvalue weighted by molar-refractivity contribution is 5.61. The molecule has 2 heterocycles. The quantitative estimate of drug-likeness (QED) is 0.915. The number of nitrogens with zero attached hydrogens (tertiary/aromatic N) is 4. The van der Waals surface area contributed by atoms with Crippen LogP contribution in [0.2, 0.25) is 0 Å². The molecule has 0 spiro atoms. The second-order valence-electron chi connectivity index (χ2n) is 5.46. The largest absolute Gasteiger partial charge is 0.496 e. The Labute approximate surface area is 130 Å². The molecule has 22 heavy (non-hydrogen) atoms. The van der Waals surface area contributed by atoms with Gasteiger partial charge in [-0.25, -0.2) is 0 Å². The Morgan fingerprint density at radius 3 is 3.00 bits per heavy atom. The van der Waals surface area contributed by atoms with E-state index in [1.165, 1.54) is 11.1 Å². The molecule has 1 aromatic heterocycles. The first-order valence-electron chi connectivity index (χ1n) is 7.61. The second kappa shape index (κ2) is 6.70. The Morgan fingerprint density at radius 1 is 1.36 bits per heavy atom. The maximum Gasteiger partial charge on any atom is 0.201 e. The number of aryl methyl sites for hydroxylation is 1. The van der Waals surface area contributed by atoms with Gasteiger partial charge in [-0.3, -0.25) is 4.90 Å². The van der Waals surface area contributed by atoms with Crippen LogP contribution in [0.5, 0.6) is 5.75 Å². The first-order chi connectivity index (χ1) is 10.8. The van der Waals surface area contributed by atoms with Gasteiger partial charge in [0.15, 0.2) is 0 Å². The standard InChI is InChI=1S/C16H21N5O/c1-3-12-6-7-15(22-2)14(9-12)11-21-8-4-5-13(10-21)16-17-19-20-18-16/h5-7,9H,3-4,8,10-11H2,1-2H3,(H,17,18,19,20). The summed E-state index contributed by atoms with van der Waals surface area (Å²) in [6.45, 7) is 4.90. The summed E-state index contributed by atoms with van der Waals surface area (Å²) in [5, 5.41) is 14.3. The number of aromatic amines is 1. The van der Waals surface area contributed by atoms with Crippen LogP contribution in [0.4, 0.5) is 0 Å². The lowest BCUT2D eigenvalue weighted by molar-refractivity contribution is 0.289. The fraction of sp³-hybridized carbons (Fsp3) is 0.438. The van der Waals surface area contributed by atoms with Gasteiger partial charge in [0.25, 0.3) is 0 Å². The summed E-state index contributed by atoms with van der Waals surface area (Å²) < 4.78 is 5.50. The third kappa shape index (κ3) is 3.17. The average Bonchev–Trinajstić information content (AvgIpc) is 3.09. The molecule has 1 N–H and O–H groups in total. The van der Waals surface area contributed by atoms with Crippen LogP contribution in [-0.2, 0) is 13.0 Å². The third-order valence-corrected chi connectivity index (χ3v) is 4.01. The van der Waals surface area contributed by atoms with Gasteiger partial charge < -0.3 is 4.74 Å². The number of hydrogen-bond acceptors (Lipinski definition) is 5. The molecule has 0 saturated carbocycles. The monoisotopic (exact) mass is 299 g/mol. The van der Waals surface area contributed by atoms with Crippen LogP contribution in [0, 0.1) is 0 Å². The van der Waals surface area contributed by atoms with E-state index in [4.69, 9.17) is 4.74 Å². The molecule has 1 aromatic carbocycles. The van der Waals surface area contributed by atoms with Gasteiger partial charge in [0, 0.05) is 30.8 Å². The molecule has 0 fully saturated rings. The van der Waals surface area contributed by atoms with Crippen molar-refractivity contribution in [1.82, 2.24) is 25.5 Å². The van der Waals surface area contributed by atoms with Gasteiger partial charge in [-0.1, -0.05) is 25.1 Å². The number of aromatic nitrogens is 4. The molecule has 2 aromatic rings. The van der Waals surface area contributed by atoms with Crippen molar-refractivity contribution in [1.29, 1.82) is 0 Å². The number of hydrogen-bond donors (Lipinski definition) is 1. The van der Waals surface area contributed by atoms with Gasteiger partial charge in [-0.05, 0) is 29.7 Å². The third-order valence-electron chi connectivity index (χ3n) is 4.01. The normalized spacial score (nSPS) is 15.6. The highest BCUT2D eigenvalue weighted by atomic mass is 16.5.